The second-order valence-electron chi connectivity index (χ2n) is 7.46. The van der Waals surface area contributed by atoms with Gasteiger partial charge in [0.25, 0.3) is 0 Å². The molecule has 7 nitrogen and oxygen atoms in total. The van der Waals surface area contributed by atoms with Gasteiger partial charge in [-0.15, -0.1) is 0 Å². The van der Waals surface area contributed by atoms with Crippen molar-refractivity contribution in [3.63, 3.8) is 0 Å². The molecule has 154 valence electrons. The highest BCUT2D eigenvalue weighted by molar-refractivity contribution is 5.73. The number of nitrogens with zero attached hydrogens (tertiary/aromatic N) is 5. The van der Waals surface area contributed by atoms with Gasteiger partial charge in [-0.1, -0.05) is 6.92 Å². The van der Waals surface area contributed by atoms with E-state index < -0.39 is 0 Å². The summed E-state index contributed by atoms with van der Waals surface area (Å²) >= 11 is 0. The van der Waals surface area contributed by atoms with Crippen LogP contribution in [0.1, 0.15) is 18.2 Å². The number of methoxy groups -OCH3 is 2. The average Bonchev–Trinajstić information content (AvgIpc) is 3.09. The quantitative estimate of drug-likeness (QED) is 0.661. The molecule has 1 aliphatic heterocycles. The highest BCUT2D eigenvalue weighted by Crippen LogP contribution is 2.34. The number of benzene rings is 1. The maximum Gasteiger partial charge on any atom is 0.161 e. The molecule has 1 fully saturated rings. The maximum absolute atomic E-state index is 5.48. The van der Waals surface area contributed by atoms with Crippen molar-refractivity contribution in [2.75, 3.05) is 51.8 Å². The minimum Gasteiger partial charge on any atom is -0.493 e. The van der Waals surface area contributed by atoms with Gasteiger partial charge in [-0.2, -0.15) is 9.61 Å². The van der Waals surface area contributed by atoms with Gasteiger partial charge in [0.2, 0.25) is 0 Å². The fourth-order valence-corrected chi connectivity index (χ4v) is 4.00. The monoisotopic (exact) mass is 395 g/mol. The van der Waals surface area contributed by atoms with E-state index in [0.29, 0.717) is 11.5 Å². The third kappa shape index (κ3) is 3.51. The first-order valence-corrected chi connectivity index (χ1v) is 10.1. The SMILES string of the molecule is CCN1CCN(c2cc(C)nc3c(C)c(-c4ccc(OC)c(OC)c4)nn23)CC1. The van der Waals surface area contributed by atoms with Crippen molar-refractivity contribution < 1.29 is 9.47 Å². The molecule has 0 bridgehead atoms. The van der Waals surface area contributed by atoms with E-state index in [1.165, 1.54) is 0 Å². The molecule has 1 saturated heterocycles. The predicted molar refractivity (Wildman–Crippen MR) is 115 cm³/mol. The number of aromatic nitrogens is 3. The lowest BCUT2D eigenvalue weighted by Gasteiger charge is -2.35. The zero-order valence-electron chi connectivity index (χ0n) is 17.9. The molecule has 0 aliphatic carbocycles. The second kappa shape index (κ2) is 7.91. The second-order valence-corrected chi connectivity index (χ2v) is 7.46. The van der Waals surface area contributed by atoms with Crippen molar-refractivity contribution >= 4 is 11.5 Å². The van der Waals surface area contributed by atoms with Crippen molar-refractivity contribution in [1.82, 2.24) is 19.5 Å². The van der Waals surface area contributed by atoms with Crippen LogP contribution in [0.2, 0.25) is 0 Å². The Morgan fingerprint density at radius 3 is 2.34 bits per heavy atom. The number of likely N-dealkylation sites (N-methyl/N-ethyl adjacent to an activating group) is 1. The Hall–Kier alpha value is -2.80. The minimum absolute atomic E-state index is 0.696. The van der Waals surface area contributed by atoms with E-state index in [1.54, 1.807) is 14.2 Å². The summed E-state index contributed by atoms with van der Waals surface area (Å²) in [6.45, 7) is 11.6. The molecule has 3 heterocycles. The van der Waals surface area contributed by atoms with Gasteiger partial charge in [-0.25, -0.2) is 4.98 Å². The number of rotatable bonds is 5. The predicted octanol–water partition coefficient (Wildman–Crippen LogP) is 3.17. The van der Waals surface area contributed by atoms with E-state index in [2.05, 4.69) is 29.7 Å². The number of hydrogen-bond donors (Lipinski definition) is 0. The topological polar surface area (TPSA) is 55.1 Å². The first kappa shape index (κ1) is 19.5. The Bertz CT molecular complexity index is 1020. The first-order valence-electron chi connectivity index (χ1n) is 10.1. The molecule has 7 heteroatoms. The summed E-state index contributed by atoms with van der Waals surface area (Å²) in [6.07, 6.45) is 0. The molecule has 1 aromatic carbocycles. The van der Waals surface area contributed by atoms with Crippen molar-refractivity contribution in [1.29, 1.82) is 0 Å². The fourth-order valence-electron chi connectivity index (χ4n) is 4.00. The molecule has 0 unspecified atom stereocenters. The van der Waals surface area contributed by atoms with Crippen LogP contribution >= 0.6 is 0 Å². The van der Waals surface area contributed by atoms with Crippen LogP contribution in [0.25, 0.3) is 16.9 Å². The summed E-state index contributed by atoms with van der Waals surface area (Å²) in [5.74, 6) is 2.51. The molecule has 0 spiro atoms. The highest BCUT2D eigenvalue weighted by atomic mass is 16.5. The smallest absolute Gasteiger partial charge is 0.161 e. The molecule has 3 aromatic rings. The summed E-state index contributed by atoms with van der Waals surface area (Å²) in [6, 6.07) is 8.05. The summed E-state index contributed by atoms with van der Waals surface area (Å²) in [5.41, 5.74) is 4.88. The van der Waals surface area contributed by atoms with Crippen molar-refractivity contribution in [2.24, 2.45) is 0 Å². The van der Waals surface area contributed by atoms with Gasteiger partial charge >= 0.3 is 0 Å². The van der Waals surface area contributed by atoms with E-state index in [-0.39, 0.29) is 0 Å². The molecule has 0 atom stereocenters. The van der Waals surface area contributed by atoms with E-state index >= 15 is 0 Å². The van der Waals surface area contributed by atoms with Crippen LogP contribution in [0.5, 0.6) is 11.5 Å². The zero-order valence-corrected chi connectivity index (χ0v) is 17.9. The molecule has 0 N–H and O–H groups in total. The summed E-state index contributed by atoms with van der Waals surface area (Å²) < 4.78 is 12.9. The summed E-state index contributed by atoms with van der Waals surface area (Å²) in [4.78, 5) is 9.68. The Morgan fingerprint density at radius 2 is 1.69 bits per heavy atom. The lowest BCUT2D eigenvalue weighted by atomic mass is 10.1. The first-order chi connectivity index (χ1) is 14.0. The van der Waals surface area contributed by atoms with Crippen LogP contribution in [-0.4, -0.2) is 66.4 Å². The molecular weight excluding hydrogens is 366 g/mol. The molecule has 0 saturated carbocycles. The van der Waals surface area contributed by atoms with E-state index in [4.69, 9.17) is 19.6 Å². The zero-order chi connectivity index (χ0) is 20.5. The number of ether oxygens (including phenoxy) is 2. The number of piperazine rings is 1. The van der Waals surface area contributed by atoms with Gasteiger partial charge in [0.05, 0.1) is 19.9 Å². The lowest BCUT2D eigenvalue weighted by molar-refractivity contribution is 0.270. The van der Waals surface area contributed by atoms with Crippen LogP contribution in [0.3, 0.4) is 0 Å². The van der Waals surface area contributed by atoms with Gasteiger partial charge in [-0.3, -0.25) is 0 Å². The number of anilines is 1. The third-order valence-electron chi connectivity index (χ3n) is 5.73. The van der Waals surface area contributed by atoms with E-state index in [9.17, 15) is 0 Å². The third-order valence-corrected chi connectivity index (χ3v) is 5.73. The molecule has 29 heavy (non-hydrogen) atoms. The van der Waals surface area contributed by atoms with Gasteiger partial charge in [0, 0.05) is 49.1 Å². The van der Waals surface area contributed by atoms with Crippen LogP contribution in [0, 0.1) is 13.8 Å². The molecule has 4 rings (SSSR count). The van der Waals surface area contributed by atoms with Crippen molar-refractivity contribution in [3.8, 4) is 22.8 Å². The van der Waals surface area contributed by atoms with Crippen molar-refractivity contribution in [2.45, 2.75) is 20.8 Å². The maximum atomic E-state index is 5.48. The Balaban J connectivity index is 1.79. The number of aryl methyl sites for hydroxylation is 2. The summed E-state index contributed by atoms with van der Waals surface area (Å²) in [5, 5.41) is 4.97. The van der Waals surface area contributed by atoms with Gasteiger partial charge in [0.1, 0.15) is 5.82 Å². The molecule has 0 radical (unpaired) electrons. The normalized spacial score (nSPS) is 15.1. The molecule has 0 amide bonds. The van der Waals surface area contributed by atoms with Crippen LogP contribution in [0.15, 0.2) is 24.3 Å². The van der Waals surface area contributed by atoms with E-state index in [0.717, 1.165) is 66.7 Å². The standard InChI is InChI=1S/C22H29N5O2/c1-6-25-9-11-26(12-10-25)20-13-15(2)23-22-16(3)21(24-27(20)22)17-7-8-18(28-4)19(14-17)29-5/h7-8,13-14H,6,9-12H2,1-5H3. The largest absolute Gasteiger partial charge is 0.493 e. The number of fused-ring (bicyclic) bond motifs is 1. The Kier molecular flexibility index (Phi) is 5.32. The minimum atomic E-state index is 0.696. The van der Waals surface area contributed by atoms with E-state index in [1.807, 2.05) is 29.6 Å². The van der Waals surface area contributed by atoms with Gasteiger partial charge in [-0.05, 0) is 38.6 Å². The lowest BCUT2D eigenvalue weighted by Crippen LogP contribution is -2.46. The van der Waals surface area contributed by atoms with Crippen LogP contribution in [0.4, 0.5) is 5.82 Å². The summed E-state index contributed by atoms with van der Waals surface area (Å²) in [7, 11) is 3.29. The molecular formula is C22H29N5O2. The average molecular weight is 396 g/mol. The fraction of sp³-hybridized carbons (Fsp3) is 0.455. The van der Waals surface area contributed by atoms with Gasteiger partial charge < -0.3 is 19.3 Å². The Morgan fingerprint density at radius 1 is 0.966 bits per heavy atom. The molecule has 1 aliphatic rings. The molecule has 2 aromatic heterocycles. The van der Waals surface area contributed by atoms with Crippen LogP contribution < -0.4 is 14.4 Å². The highest BCUT2D eigenvalue weighted by Gasteiger charge is 2.22. The van der Waals surface area contributed by atoms with Gasteiger partial charge in [0.15, 0.2) is 17.1 Å². The van der Waals surface area contributed by atoms with Crippen LogP contribution in [-0.2, 0) is 0 Å². The number of hydrogen-bond acceptors (Lipinski definition) is 6. The Labute approximate surface area is 171 Å². The van der Waals surface area contributed by atoms with Crippen molar-refractivity contribution in [3.05, 3.63) is 35.5 Å².